The Morgan fingerprint density at radius 2 is 0.875 bits per heavy atom. The van der Waals surface area contributed by atoms with Gasteiger partial charge in [-0.2, -0.15) is 0 Å². The number of nitrogens with zero attached hydrogens (tertiary/aromatic N) is 4. The van der Waals surface area contributed by atoms with Gasteiger partial charge in [-0.15, -0.1) is 0 Å². The van der Waals surface area contributed by atoms with Crippen LogP contribution in [0.5, 0.6) is 23.0 Å². The van der Waals surface area contributed by atoms with Crippen LogP contribution in [0.15, 0.2) is 85.5 Å². The lowest BCUT2D eigenvalue weighted by molar-refractivity contribution is 0.0487. The van der Waals surface area contributed by atoms with Crippen LogP contribution in [0.25, 0.3) is 43.1 Å². The largest absolute Gasteiger partial charge is 0.455 e. The molecule has 4 amide bonds. The third kappa shape index (κ3) is 4.74. The Hall–Kier alpha value is -6.42. The zero-order valence-electron chi connectivity index (χ0n) is 30.5. The first-order chi connectivity index (χ1) is 27.5. The SMILES string of the molecule is O=C1c2ccc3c4c(Oc5cccnc5)cc5c6c(ccc(c7c(Oc8cccnc8)cc(c2c37)C(=O)N1C1CCCCC1)c64)C(=O)N(C1CCCCC1)C5=O. The normalized spacial score (nSPS) is 17.9. The number of aromatic nitrogens is 2. The van der Waals surface area contributed by atoms with Gasteiger partial charge in [-0.25, -0.2) is 0 Å². The van der Waals surface area contributed by atoms with Crippen molar-refractivity contribution < 1.29 is 28.7 Å². The van der Waals surface area contributed by atoms with E-state index in [1.54, 1.807) is 61.2 Å². The molecule has 10 heteroatoms. The topological polar surface area (TPSA) is 119 Å². The van der Waals surface area contributed by atoms with Gasteiger partial charge in [0.15, 0.2) is 0 Å². The van der Waals surface area contributed by atoms with Crippen molar-refractivity contribution in [2.24, 2.45) is 0 Å². The summed E-state index contributed by atoms with van der Waals surface area (Å²) in [6, 6.07) is 17.8. The molecule has 0 bridgehead atoms. The molecule has 2 aromatic heterocycles. The van der Waals surface area contributed by atoms with Gasteiger partial charge in [-0.1, -0.05) is 50.7 Å². The number of imide groups is 2. The maximum absolute atomic E-state index is 14.7. The van der Waals surface area contributed by atoms with Crippen molar-refractivity contribution >= 4 is 66.7 Å². The highest BCUT2D eigenvalue weighted by Crippen LogP contribution is 2.53. The molecular formula is C46H36N4O6. The van der Waals surface area contributed by atoms with Crippen molar-refractivity contribution in [2.45, 2.75) is 76.3 Å². The Bertz CT molecular complexity index is 2620. The van der Waals surface area contributed by atoms with E-state index in [4.69, 9.17) is 9.47 Å². The van der Waals surface area contributed by atoms with Crippen LogP contribution in [0.2, 0.25) is 0 Å². The third-order valence-electron chi connectivity index (χ3n) is 12.4. The van der Waals surface area contributed by atoms with Crippen LogP contribution in [-0.2, 0) is 0 Å². The van der Waals surface area contributed by atoms with Gasteiger partial charge >= 0.3 is 0 Å². The summed E-state index contributed by atoms with van der Waals surface area (Å²) < 4.78 is 13.3. The number of hydrogen-bond donors (Lipinski definition) is 0. The number of pyridine rings is 2. The average molecular weight is 741 g/mol. The van der Waals surface area contributed by atoms with Gasteiger partial charge < -0.3 is 9.47 Å². The molecule has 0 atom stereocenters. The molecule has 0 spiro atoms. The molecule has 11 rings (SSSR count). The molecule has 2 fully saturated rings. The van der Waals surface area contributed by atoms with E-state index in [0.29, 0.717) is 88.3 Å². The first-order valence-electron chi connectivity index (χ1n) is 19.7. The summed E-state index contributed by atoms with van der Waals surface area (Å²) in [4.78, 5) is 69.8. The fourth-order valence-corrected chi connectivity index (χ4v) is 10.0. The van der Waals surface area contributed by atoms with Crippen molar-refractivity contribution in [3.63, 3.8) is 0 Å². The van der Waals surface area contributed by atoms with Crippen LogP contribution in [0.4, 0.5) is 0 Å². The Kier molecular flexibility index (Phi) is 7.39. The lowest BCUT2D eigenvalue weighted by atomic mass is 9.80. The van der Waals surface area contributed by atoms with Crippen molar-refractivity contribution in [2.75, 3.05) is 0 Å². The van der Waals surface area contributed by atoms with Crippen molar-refractivity contribution in [3.05, 3.63) is 108 Å². The molecule has 56 heavy (non-hydrogen) atoms. The number of amides is 4. The highest BCUT2D eigenvalue weighted by Gasteiger charge is 2.42. The Morgan fingerprint density at radius 1 is 0.464 bits per heavy atom. The van der Waals surface area contributed by atoms with E-state index in [2.05, 4.69) is 9.97 Å². The summed E-state index contributed by atoms with van der Waals surface area (Å²) in [7, 11) is 0. The van der Waals surface area contributed by atoms with E-state index in [1.165, 1.54) is 9.80 Å². The van der Waals surface area contributed by atoms with Gasteiger partial charge in [0.2, 0.25) is 0 Å². The van der Waals surface area contributed by atoms with E-state index >= 15 is 0 Å². The van der Waals surface area contributed by atoms with Gasteiger partial charge in [-0.3, -0.25) is 38.9 Å². The molecule has 0 saturated heterocycles. The molecule has 276 valence electrons. The van der Waals surface area contributed by atoms with Crippen LogP contribution in [-0.4, -0.2) is 55.5 Å². The summed E-state index contributed by atoms with van der Waals surface area (Å²) in [5.41, 5.74) is 1.69. The lowest BCUT2D eigenvalue weighted by Crippen LogP contribution is -2.48. The van der Waals surface area contributed by atoms with Crippen molar-refractivity contribution in [1.82, 2.24) is 19.8 Å². The van der Waals surface area contributed by atoms with Crippen LogP contribution in [0.1, 0.15) is 106 Å². The number of fused-ring (bicyclic) bond motifs is 2. The Morgan fingerprint density at radius 3 is 1.27 bits per heavy atom. The van der Waals surface area contributed by atoms with Crippen LogP contribution < -0.4 is 9.47 Å². The van der Waals surface area contributed by atoms with Crippen molar-refractivity contribution in [3.8, 4) is 23.0 Å². The predicted molar refractivity (Wildman–Crippen MR) is 211 cm³/mol. The second-order valence-electron chi connectivity index (χ2n) is 15.5. The average Bonchev–Trinajstić information content (AvgIpc) is 3.23. The van der Waals surface area contributed by atoms with E-state index in [1.807, 2.05) is 24.3 Å². The minimum absolute atomic E-state index is 0.179. The maximum Gasteiger partial charge on any atom is 0.261 e. The van der Waals surface area contributed by atoms with E-state index < -0.39 is 0 Å². The maximum atomic E-state index is 14.7. The number of ether oxygens (including phenoxy) is 2. The van der Waals surface area contributed by atoms with Crippen LogP contribution in [0.3, 0.4) is 0 Å². The zero-order valence-corrected chi connectivity index (χ0v) is 30.5. The summed E-state index contributed by atoms with van der Waals surface area (Å²) in [6.07, 6.45) is 15.7. The smallest absolute Gasteiger partial charge is 0.261 e. The molecule has 0 radical (unpaired) electrons. The number of hydrogen-bond acceptors (Lipinski definition) is 8. The minimum Gasteiger partial charge on any atom is -0.455 e. The fourth-order valence-electron chi connectivity index (χ4n) is 10.0. The van der Waals surface area contributed by atoms with E-state index in [-0.39, 0.29) is 35.7 Å². The lowest BCUT2D eigenvalue weighted by Gasteiger charge is -2.37. The fraction of sp³-hybridized carbons (Fsp3) is 0.261. The highest BCUT2D eigenvalue weighted by atomic mass is 16.5. The summed E-state index contributed by atoms with van der Waals surface area (Å²) in [5, 5.41) is 5.19. The molecule has 4 heterocycles. The molecule has 10 nitrogen and oxygen atoms in total. The first-order valence-corrected chi connectivity index (χ1v) is 19.7. The van der Waals surface area contributed by atoms with Gasteiger partial charge in [-0.05, 0) is 85.0 Å². The van der Waals surface area contributed by atoms with E-state index in [0.717, 1.165) is 64.2 Å². The molecule has 7 aromatic rings. The monoisotopic (exact) mass is 740 g/mol. The number of rotatable bonds is 6. The molecule has 0 N–H and O–H groups in total. The van der Waals surface area contributed by atoms with E-state index in [9.17, 15) is 19.2 Å². The molecule has 4 aliphatic rings. The van der Waals surface area contributed by atoms with Crippen molar-refractivity contribution in [1.29, 1.82) is 0 Å². The van der Waals surface area contributed by atoms with Gasteiger partial charge in [0.1, 0.15) is 23.0 Å². The Labute approximate surface area is 321 Å². The second-order valence-corrected chi connectivity index (χ2v) is 15.5. The quantitative estimate of drug-likeness (QED) is 0.0939. The van der Waals surface area contributed by atoms with Gasteiger partial charge in [0.05, 0.1) is 23.5 Å². The first kappa shape index (κ1) is 33.0. The van der Waals surface area contributed by atoms with Crippen LogP contribution >= 0.6 is 0 Å². The molecule has 2 aliphatic carbocycles. The summed E-state index contributed by atoms with van der Waals surface area (Å²) >= 11 is 0. The third-order valence-corrected chi connectivity index (χ3v) is 12.4. The zero-order chi connectivity index (χ0) is 37.7. The predicted octanol–water partition coefficient (Wildman–Crippen LogP) is 9.97. The van der Waals surface area contributed by atoms with Gasteiger partial charge in [0, 0.05) is 67.9 Å². The molecule has 0 unspecified atom stereocenters. The number of benzene rings is 5. The number of carbonyl (C=O) groups is 4. The molecular weight excluding hydrogens is 705 g/mol. The standard InChI is InChI=1S/C46H36N4O6/c51-43-31-17-15-29-40-36(56-28-14-8-20-48-24-28)22-34-38-32(44(52)50(46(34)54)26-11-5-2-6-12-26)18-16-30(42(38)40)39-35(55-27-13-7-19-47-23-27)21-33(37(31)41(29)39)45(53)49(43)25-9-3-1-4-10-25/h7-8,13-26H,1-6,9-12H2. The minimum atomic E-state index is -0.337. The molecule has 2 aliphatic heterocycles. The molecule has 5 aromatic carbocycles. The number of carbonyl (C=O) groups excluding carboxylic acids is 4. The van der Waals surface area contributed by atoms with Crippen LogP contribution in [0, 0.1) is 0 Å². The highest BCUT2D eigenvalue weighted by molar-refractivity contribution is 6.43. The van der Waals surface area contributed by atoms with Gasteiger partial charge in [0.25, 0.3) is 23.6 Å². The Balaban J connectivity index is 1.26. The second kappa shape index (κ2) is 12.6. The summed E-state index contributed by atoms with van der Waals surface area (Å²) in [5.74, 6) is 0.488. The molecule has 2 saturated carbocycles. The summed E-state index contributed by atoms with van der Waals surface area (Å²) in [6.45, 7) is 0.